The number of thiazole rings is 1. The molecular formula is C16H18ClN3O2S. The van der Waals surface area contributed by atoms with E-state index in [1.807, 2.05) is 17.5 Å². The molecule has 7 heteroatoms. The van der Waals surface area contributed by atoms with E-state index in [1.54, 1.807) is 0 Å². The molecular weight excluding hydrogens is 334 g/mol. The maximum absolute atomic E-state index is 12.1. The second-order valence-electron chi connectivity index (χ2n) is 5.60. The number of aromatic nitrogens is 1. The zero-order valence-corrected chi connectivity index (χ0v) is 14.1. The van der Waals surface area contributed by atoms with Gasteiger partial charge < -0.3 is 15.4 Å². The number of hydrogen-bond donors (Lipinski definition) is 2. The highest BCUT2D eigenvalue weighted by Gasteiger charge is 2.22. The summed E-state index contributed by atoms with van der Waals surface area (Å²) in [5.74, 6) is 0.987. The van der Waals surface area contributed by atoms with E-state index in [4.69, 9.17) is 4.74 Å². The lowest BCUT2D eigenvalue weighted by Crippen LogP contribution is -2.35. The predicted molar refractivity (Wildman–Crippen MR) is 93.7 cm³/mol. The van der Waals surface area contributed by atoms with Crippen molar-refractivity contribution in [3.8, 4) is 17.0 Å². The molecule has 0 spiro atoms. The lowest BCUT2D eigenvalue weighted by Gasteiger charge is -2.08. The maximum atomic E-state index is 12.1. The average molecular weight is 352 g/mol. The van der Waals surface area contributed by atoms with Gasteiger partial charge >= 0.3 is 0 Å². The van der Waals surface area contributed by atoms with Crippen molar-refractivity contribution >= 4 is 34.8 Å². The molecule has 1 unspecified atom stereocenters. The molecule has 2 N–H and O–H groups in total. The van der Waals surface area contributed by atoms with Gasteiger partial charge in [-0.15, -0.1) is 23.7 Å². The monoisotopic (exact) mass is 351 g/mol. The van der Waals surface area contributed by atoms with Crippen molar-refractivity contribution in [1.29, 1.82) is 0 Å². The molecule has 122 valence electrons. The van der Waals surface area contributed by atoms with Crippen molar-refractivity contribution in [3.63, 3.8) is 0 Å². The molecule has 4 rings (SSSR count). The van der Waals surface area contributed by atoms with Crippen LogP contribution in [0.4, 0.5) is 5.13 Å². The number of carbonyl (C=O) groups is 1. The molecule has 2 aliphatic rings. The van der Waals surface area contributed by atoms with Crippen LogP contribution in [-0.4, -0.2) is 30.1 Å². The fourth-order valence-corrected chi connectivity index (χ4v) is 3.63. The third-order valence-corrected chi connectivity index (χ3v) is 4.85. The molecule has 0 aliphatic carbocycles. The smallest absolute Gasteiger partial charge is 0.243 e. The van der Waals surface area contributed by atoms with Gasteiger partial charge in [0.25, 0.3) is 0 Å². The minimum atomic E-state index is -0.0792. The first-order valence-corrected chi connectivity index (χ1v) is 8.43. The summed E-state index contributed by atoms with van der Waals surface area (Å²) in [6.07, 6.45) is 2.90. The second kappa shape index (κ2) is 6.86. The summed E-state index contributed by atoms with van der Waals surface area (Å²) in [7, 11) is 0. The van der Waals surface area contributed by atoms with Crippen LogP contribution in [0.25, 0.3) is 11.3 Å². The number of amides is 1. The number of nitrogens with one attached hydrogen (secondary N) is 2. The van der Waals surface area contributed by atoms with Crippen molar-refractivity contribution in [3.05, 3.63) is 29.1 Å². The van der Waals surface area contributed by atoms with Gasteiger partial charge in [-0.2, -0.15) is 0 Å². The maximum Gasteiger partial charge on any atom is 0.243 e. The lowest BCUT2D eigenvalue weighted by atomic mass is 10.1. The molecule has 1 amide bonds. The van der Waals surface area contributed by atoms with Crippen molar-refractivity contribution in [2.75, 3.05) is 18.5 Å². The number of benzene rings is 1. The van der Waals surface area contributed by atoms with E-state index >= 15 is 0 Å². The largest absolute Gasteiger partial charge is 0.493 e. The summed E-state index contributed by atoms with van der Waals surface area (Å²) in [5.41, 5.74) is 3.20. The van der Waals surface area contributed by atoms with E-state index in [9.17, 15) is 4.79 Å². The highest BCUT2D eigenvalue weighted by atomic mass is 35.5. The molecule has 2 aromatic rings. The Morgan fingerprint density at radius 3 is 3.17 bits per heavy atom. The standard InChI is InChI=1S/C16H17N3O2S.ClH/c20-15(12-2-1-6-17-12)19-16-18-13(9-22-16)10-3-4-14-11(8-10)5-7-21-14;/h3-4,8-9,12,17H,1-2,5-7H2,(H,18,19,20);1H. The number of anilines is 1. The highest BCUT2D eigenvalue weighted by Crippen LogP contribution is 2.32. The van der Waals surface area contributed by atoms with Gasteiger partial charge in [0.2, 0.25) is 5.91 Å². The Hall–Kier alpha value is -1.63. The first-order valence-electron chi connectivity index (χ1n) is 7.55. The minimum absolute atomic E-state index is 0. The van der Waals surface area contributed by atoms with Gasteiger partial charge in [0, 0.05) is 17.4 Å². The van der Waals surface area contributed by atoms with Crippen LogP contribution in [0.1, 0.15) is 18.4 Å². The quantitative estimate of drug-likeness (QED) is 0.892. The van der Waals surface area contributed by atoms with E-state index in [0.717, 1.165) is 49.4 Å². The Kier molecular flexibility index (Phi) is 4.84. The first kappa shape index (κ1) is 16.2. The van der Waals surface area contributed by atoms with Crippen LogP contribution in [-0.2, 0) is 11.2 Å². The van der Waals surface area contributed by atoms with Crippen LogP contribution in [0.15, 0.2) is 23.6 Å². The molecule has 1 aromatic carbocycles. The van der Waals surface area contributed by atoms with Crippen molar-refractivity contribution < 1.29 is 9.53 Å². The van der Waals surface area contributed by atoms with Crippen LogP contribution in [0.5, 0.6) is 5.75 Å². The summed E-state index contributed by atoms with van der Waals surface area (Å²) in [4.78, 5) is 16.6. The van der Waals surface area contributed by atoms with Crippen molar-refractivity contribution in [2.45, 2.75) is 25.3 Å². The van der Waals surface area contributed by atoms with E-state index in [2.05, 4.69) is 21.7 Å². The van der Waals surface area contributed by atoms with Gasteiger partial charge in [0.05, 0.1) is 18.3 Å². The number of nitrogens with zero attached hydrogens (tertiary/aromatic N) is 1. The Bertz CT molecular complexity index is 713. The fourth-order valence-electron chi connectivity index (χ4n) is 2.91. The van der Waals surface area contributed by atoms with Crippen LogP contribution >= 0.6 is 23.7 Å². The Labute approximate surface area is 144 Å². The van der Waals surface area contributed by atoms with Crippen LogP contribution < -0.4 is 15.4 Å². The number of ether oxygens (including phenoxy) is 1. The minimum Gasteiger partial charge on any atom is -0.493 e. The molecule has 23 heavy (non-hydrogen) atoms. The molecule has 0 bridgehead atoms. The van der Waals surface area contributed by atoms with E-state index < -0.39 is 0 Å². The molecule has 1 saturated heterocycles. The summed E-state index contributed by atoms with van der Waals surface area (Å²) >= 11 is 1.46. The topological polar surface area (TPSA) is 63.2 Å². The molecule has 0 saturated carbocycles. The molecule has 1 aromatic heterocycles. The zero-order chi connectivity index (χ0) is 14.9. The molecule has 5 nitrogen and oxygen atoms in total. The van der Waals surface area contributed by atoms with Gasteiger partial charge in [0.1, 0.15) is 5.75 Å². The molecule has 3 heterocycles. The SMILES string of the molecule is Cl.O=C(Nc1nc(-c2ccc3c(c2)CCO3)cs1)C1CCCN1. The third-order valence-electron chi connectivity index (χ3n) is 4.10. The Morgan fingerprint density at radius 1 is 1.43 bits per heavy atom. The van der Waals surface area contributed by atoms with Crippen molar-refractivity contribution in [1.82, 2.24) is 10.3 Å². The summed E-state index contributed by atoms with van der Waals surface area (Å²) in [6, 6.07) is 6.06. The van der Waals surface area contributed by atoms with Gasteiger partial charge in [-0.1, -0.05) is 0 Å². The van der Waals surface area contributed by atoms with Crippen LogP contribution in [0.3, 0.4) is 0 Å². The highest BCUT2D eigenvalue weighted by molar-refractivity contribution is 7.14. The van der Waals surface area contributed by atoms with Crippen LogP contribution in [0.2, 0.25) is 0 Å². The zero-order valence-electron chi connectivity index (χ0n) is 12.5. The van der Waals surface area contributed by atoms with E-state index in [1.165, 1.54) is 16.9 Å². The average Bonchev–Trinajstić information content (AvgIpc) is 3.27. The second-order valence-corrected chi connectivity index (χ2v) is 6.46. The molecule has 2 aliphatic heterocycles. The number of carbonyl (C=O) groups excluding carboxylic acids is 1. The van der Waals surface area contributed by atoms with Gasteiger partial charge in [-0.3, -0.25) is 4.79 Å². The summed E-state index contributed by atoms with van der Waals surface area (Å²) in [5, 5.41) is 8.74. The fraction of sp³-hybridized carbons (Fsp3) is 0.375. The number of rotatable bonds is 3. The molecule has 0 radical (unpaired) electrons. The molecule has 1 atom stereocenters. The summed E-state index contributed by atoms with van der Waals surface area (Å²) in [6.45, 7) is 1.67. The predicted octanol–water partition coefficient (Wildman–Crippen LogP) is 2.86. The van der Waals surface area contributed by atoms with Crippen LogP contribution in [0, 0.1) is 0 Å². The van der Waals surface area contributed by atoms with Crippen molar-refractivity contribution in [2.24, 2.45) is 0 Å². The van der Waals surface area contributed by atoms with Gasteiger partial charge in [-0.25, -0.2) is 4.98 Å². The summed E-state index contributed by atoms with van der Waals surface area (Å²) < 4.78 is 5.52. The number of hydrogen-bond acceptors (Lipinski definition) is 5. The van der Waals surface area contributed by atoms with Gasteiger partial charge in [-0.05, 0) is 43.1 Å². The normalized spacial score (nSPS) is 18.9. The third kappa shape index (κ3) is 3.34. The Balaban J connectivity index is 0.00000156. The van der Waals surface area contributed by atoms with E-state index in [-0.39, 0.29) is 24.4 Å². The molecule has 1 fully saturated rings. The number of fused-ring (bicyclic) bond motifs is 1. The van der Waals surface area contributed by atoms with Gasteiger partial charge in [0.15, 0.2) is 5.13 Å². The first-order chi connectivity index (χ1) is 10.8. The lowest BCUT2D eigenvalue weighted by molar-refractivity contribution is -0.117. The number of halogens is 1. The van der Waals surface area contributed by atoms with E-state index in [0.29, 0.717) is 5.13 Å². The Morgan fingerprint density at radius 2 is 2.35 bits per heavy atom.